The van der Waals surface area contributed by atoms with Crippen molar-refractivity contribution in [2.75, 3.05) is 19.8 Å². The Labute approximate surface area is 233 Å². The third-order valence-electron chi connectivity index (χ3n) is 6.72. The minimum atomic E-state index is -0.617. The van der Waals surface area contributed by atoms with Gasteiger partial charge in [-0.2, -0.15) is 0 Å². The first-order valence-corrected chi connectivity index (χ1v) is 13.6. The SMILES string of the molecule is CCOC(=O)c1c(OCc2ccccc2)c(OCc2ccccc2)c(C(=O)OCC)n1C1=CC2=C(CC1)OCC2. The number of carbonyl (C=O) groups is 2. The van der Waals surface area contributed by atoms with Gasteiger partial charge in [0.2, 0.25) is 0 Å². The summed E-state index contributed by atoms with van der Waals surface area (Å²) in [5.41, 5.74) is 3.78. The molecule has 1 aliphatic heterocycles. The predicted octanol–water partition coefficient (Wildman–Crippen LogP) is 6.31. The molecule has 0 N–H and O–H groups in total. The molecule has 2 heterocycles. The van der Waals surface area contributed by atoms with Crippen molar-refractivity contribution in [1.29, 1.82) is 0 Å². The van der Waals surface area contributed by atoms with E-state index in [0.717, 1.165) is 34.6 Å². The molecule has 0 amide bonds. The number of carbonyl (C=O) groups excluding carboxylic acids is 2. The third kappa shape index (κ3) is 5.76. The van der Waals surface area contributed by atoms with E-state index >= 15 is 0 Å². The highest BCUT2D eigenvalue weighted by molar-refractivity contribution is 6.02. The van der Waals surface area contributed by atoms with Gasteiger partial charge in [-0.05, 0) is 43.0 Å². The van der Waals surface area contributed by atoms with Gasteiger partial charge in [0, 0.05) is 18.5 Å². The van der Waals surface area contributed by atoms with Crippen LogP contribution in [0.4, 0.5) is 0 Å². The van der Waals surface area contributed by atoms with Gasteiger partial charge in [-0.25, -0.2) is 9.59 Å². The molecule has 40 heavy (non-hydrogen) atoms. The van der Waals surface area contributed by atoms with Crippen LogP contribution in [-0.4, -0.2) is 36.3 Å². The Hall–Kier alpha value is -4.46. The summed E-state index contributed by atoms with van der Waals surface area (Å²) >= 11 is 0. The first-order valence-electron chi connectivity index (χ1n) is 13.6. The lowest BCUT2D eigenvalue weighted by molar-refractivity contribution is 0.0506. The molecule has 0 saturated heterocycles. The van der Waals surface area contributed by atoms with E-state index in [0.29, 0.717) is 19.4 Å². The molecular weight excluding hydrogens is 510 g/mol. The van der Waals surface area contributed by atoms with Crippen LogP contribution < -0.4 is 9.47 Å². The maximum Gasteiger partial charge on any atom is 0.359 e. The van der Waals surface area contributed by atoms with Crippen LogP contribution >= 0.6 is 0 Å². The van der Waals surface area contributed by atoms with Crippen molar-refractivity contribution in [2.24, 2.45) is 0 Å². The maximum absolute atomic E-state index is 13.6. The van der Waals surface area contributed by atoms with E-state index in [1.807, 2.05) is 66.7 Å². The van der Waals surface area contributed by atoms with Crippen molar-refractivity contribution < 1.29 is 33.3 Å². The Morgan fingerprint density at radius 2 is 1.27 bits per heavy atom. The Bertz CT molecular complexity index is 1340. The lowest BCUT2D eigenvalue weighted by Crippen LogP contribution is -2.19. The van der Waals surface area contributed by atoms with Gasteiger partial charge in [-0.3, -0.25) is 4.57 Å². The highest BCUT2D eigenvalue weighted by Crippen LogP contribution is 2.44. The molecule has 0 fully saturated rings. The number of benzene rings is 2. The van der Waals surface area contributed by atoms with Crippen molar-refractivity contribution in [3.63, 3.8) is 0 Å². The number of hydrogen-bond acceptors (Lipinski definition) is 7. The zero-order valence-corrected chi connectivity index (χ0v) is 22.8. The van der Waals surface area contributed by atoms with Crippen molar-refractivity contribution >= 4 is 17.6 Å². The van der Waals surface area contributed by atoms with E-state index in [-0.39, 0.29) is 49.3 Å². The van der Waals surface area contributed by atoms with E-state index < -0.39 is 11.9 Å². The largest absolute Gasteiger partial charge is 0.497 e. The minimum Gasteiger partial charge on any atom is -0.497 e. The standard InChI is InChI=1S/C32H33NO7/c1-3-36-31(34)27-29(39-20-22-11-7-5-8-12-22)30(40-21-23-13-9-6-10-14-23)28(32(35)37-4-2)33(27)25-15-16-26-24(19-25)17-18-38-26/h5-14,19H,3-4,15-18,20-21H2,1-2H3. The van der Waals surface area contributed by atoms with Crippen molar-refractivity contribution in [3.05, 3.63) is 101 Å². The van der Waals surface area contributed by atoms with Gasteiger partial charge in [-0.15, -0.1) is 0 Å². The van der Waals surface area contributed by atoms with Crippen molar-refractivity contribution in [2.45, 2.75) is 46.3 Å². The molecule has 0 spiro atoms. The molecular formula is C32H33NO7. The fourth-order valence-corrected chi connectivity index (χ4v) is 4.90. The number of hydrogen-bond donors (Lipinski definition) is 0. The van der Waals surface area contributed by atoms with Gasteiger partial charge in [-0.1, -0.05) is 60.7 Å². The van der Waals surface area contributed by atoms with Gasteiger partial charge in [0.05, 0.1) is 25.6 Å². The van der Waals surface area contributed by atoms with Gasteiger partial charge in [0.25, 0.3) is 0 Å². The van der Waals surface area contributed by atoms with Gasteiger partial charge < -0.3 is 23.7 Å². The Balaban J connectivity index is 1.69. The second kappa shape index (κ2) is 12.6. The molecule has 5 rings (SSSR count). The minimum absolute atomic E-state index is 0.0955. The van der Waals surface area contributed by atoms with E-state index in [1.165, 1.54) is 0 Å². The number of esters is 2. The quantitative estimate of drug-likeness (QED) is 0.262. The molecule has 2 aromatic carbocycles. The Morgan fingerprint density at radius 1 is 0.750 bits per heavy atom. The summed E-state index contributed by atoms with van der Waals surface area (Å²) < 4.78 is 31.0. The van der Waals surface area contributed by atoms with E-state index in [9.17, 15) is 9.59 Å². The van der Waals surface area contributed by atoms with Crippen LogP contribution in [0.3, 0.4) is 0 Å². The molecule has 8 nitrogen and oxygen atoms in total. The molecule has 1 aromatic heterocycles. The summed E-state index contributed by atoms with van der Waals surface area (Å²) in [5, 5.41) is 0. The van der Waals surface area contributed by atoms with E-state index in [2.05, 4.69) is 0 Å². The highest BCUT2D eigenvalue weighted by atomic mass is 16.6. The van der Waals surface area contributed by atoms with Crippen LogP contribution in [0.5, 0.6) is 11.5 Å². The second-order valence-electron chi connectivity index (χ2n) is 9.36. The van der Waals surface area contributed by atoms with Crippen LogP contribution in [0, 0.1) is 0 Å². The predicted molar refractivity (Wildman–Crippen MR) is 149 cm³/mol. The molecule has 208 valence electrons. The smallest absolute Gasteiger partial charge is 0.359 e. The summed E-state index contributed by atoms with van der Waals surface area (Å²) in [6.45, 7) is 4.71. The molecule has 8 heteroatoms. The molecule has 3 aromatic rings. The number of allylic oxidation sites excluding steroid dienone is 3. The van der Waals surface area contributed by atoms with Crippen LogP contribution in [0.1, 0.15) is 65.2 Å². The average molecular weight is 544 g/mol. The lowest BCUT2D eigenvalue weighted by Gasteiger charge is -2.19. The fraction of sp³-hybridized carbons (Fsp3) is 0.312. The van der Waals surface area contributed by atoms with Crippen molar-refractivity contribution in [3.8, 4) is 11.5 Å². The third-order valence-corrected chi connectivity index (χ3v) is 6.72. The van der Waals surface area contributed by atoms with Crippen LogP contribution in [0.15, 0.2) is 78.1 Å². The summed E-state index contributed by atoms with van der Waals surface area (Å²) in [6.07, 6.45) is 3.95. The fourth-order valence-electron chi connectivity index (χ4n) is 4.90. The van der Waals surface area contributed by atoms with Gasteiger partial charge in [0.1, 0.15) is 13.2 Å². The Morgan fingerprint density at radius 3 is 1.77 bits per heavy atom. The van der Waals surface area contributed by atoms with Gasteiger partial charge >= 0.3 is 11.9 Å². The Kier molecular flexibility index (Phi) is 8.54. The number of nitrogens with zero attached hydrogens (tertiary/aromatic N) is 1. The molecule has 1 aliphatic carbocycles. The van der Waals surface area contributed by atoms with Gasteiger partial charge in [0.15, 0.2) is 22.9 Å². The zero-order valence-electron chi connectivity index (χ0n) is 22.8. The lowest BCUT2D eigenvalue weighted by atomic mass is 10.0. The summed E-state index contributed by atoms with van der Waals surface area (Å²) in [5.74, 6) is 0.00434. The molecule has 0 unspecified atom stereocenters. The zero-order chi connectivity index (χ0) is 27.9. The molecule has 0 bridgehead atoms. The number of ether oxygens (including phenoxy) is 5. The second-order valence-corrected chi connectivity index (χ2v) is 9.36. The van der Waals surface area contributed by atoms with Crippen LogP contribution in [0.2, 0.25) is 0 Å². The molecule has 0 atom stereocenters. The van der Waals surface area contributed by atoms with Crippen molar-refractivity contribution in [1.82, 2.24) is 4.57 Å². The molecule has 0 radical (unpaired) electrons. The first-order chi connectivity index (χ1) is 19.6. The average Bonchev–Trinajstić information content (AvgIpc) is 3.58. The van der Waals surface area contributed by atoms with Crippen LogP contribution in [0.25, 0.3) is 5.70 Å². The summed E-state index contributed by atoms with van der Waals surface area (Å²) in [7, 11) is 0. The van der Waals surface area contributed by atoms with Crippen LogP contribution in [-0.2, 0) is 27.4 Å². The number of rotatable bonds is 11. The number of aromatic nitrogens is 1. The molecule has 0 saturated carbocycles. The first kappa shape index (κ1) is 27.1. The summed E-state index contributed by atoms with van der Waals surface area (Å²) in [6, 6.07) is 19.2. The maximum atomic E-state index is 13.6. The van der Waals surface area contributed by atoms with E-state index in [1.54, 1.807) is 18.4 Å². The topological polar surface area (TPSA) is 85.2 Å². The van der Waals surface area contributed by atoms with E-state index in [4.69, 9.17) is 23.7 Å². The monoisotopic (exact) mass is 543 g/mol. The molecule has 2 aliphatic rings. The highest BCUT2D eigenvalue weighted by Gasteiger charge is 2.37. The normalized spacial score (nSPS) is 14.2. The summed E-state index contributed by atoms with van der Waals surface area (Å²) in [4.78, 5) is 27.2.